The van der Waals surface area contributed by atoms with Crippen molar-refractivity contribution in [3.8, 4) is 11.5 Å². The van der Waals surface area contributed by atoms with Crippen molar-refractivity contribution < 1.29 is 28.7 Å². The van der Waals surface area contributed by atoms with Crippen LogP contribution in [-0.4, -0.2) is 60.1 Å². The lowest BCUT2D eigenvalue weighted by molar-refractivity contribution is -0.384. The zero-order valence-electron chi connectivity index (χ0n) is 20.8. The van der Waals surface area contributed by atoms with Gasteiger partial charge in [0.25, 0.3) is 5.69 Å². The van der Waals surface area contributed by atoms with Crippen molar-refractivity contribution in [1.82, 2.24) is 9.80 Å². The first kappa shape index (κ1) is 26.8. The van der Waals surface area contributed by atoms with Crippen molar-refractivity contribution in [2.24, 2.45) is 0 Å². The number of nitro groups is 1. The maximum atomic E-state index is 13.5. The van der Waals surface area contributed by atoms with Gasteiger partial charge in [-0.2, -0.15) is 0 Å². The highest BCUT2D eigenvalue weighted by Crippen LogP contribution is 2.33. The Morgan fingerprint density at radius 2 is 1.87 bits per heavy atom. The Hall–Kier alpha value is -4.22. The van der Waals surface area contributed by atoms with Gasteiger partial charge in [0, 0.05) is 43.3 Å². The molecule has 0 radical (unpaired) electrons. The number of methoxy groups -OCH3 is 1. The quantitative estimate of drug-likeness (QED) is 0.194. The predicted octanol–water partition coefficient (Wildman–Crippen LogP) is 4.10. The van der Waals surface area contributed by atoms with Crippen molar-refractivity contribution in [3.63, 3.8) is 0 Å². The lowest BCUT2D eigenvalue weighted by atomic mass is 10.1. The van der Waals surface area contributed by atoms with Crippen LogP contribution < -0.4 is 9.47 Å². The Bertz CT molecular complexity index is 1290. The van der Waals surface area contributed by atoms with Gasteiger partial charge in [-0.1, -0.05) is 12.1 Å². The molecule has 10 nitrogen and oxygen atoms in total. The summed E-state index contributed by atoms with van der Waals surface area (Å²) in [5, 5.41) is 12.8. The first-order valence-electron chi connectivity index (χ1n) is 11.8. The van der Waals surface area contributed by atoms with Crippen molar-refractivity contribution in [1.29, 1.82) is 0 Å². The van der Waals surface area contributed by atoms with Gasteiger partial charge in [-0.3, -0.25) is 19.7 Å². The third-order valence-corrected chi connectivity index (χ3v) is 6.68. The monoisotopic (exact) mass is 537 g/mol. The second-order valence-corrected chi connectivity index (χ2v) is 9.48. The number of thiophene rings is 1. The first-order chi connectivity index (χ1) is 18.4. The van der Waals surface area contributed by atoms with E-state index in [0.29, 0.717) is 30.2 Å². The highest BCUT2D eigenvalue weighted by molar-refractivity contribution is 7.09. The van der Waals surface area contributed by atoms with Crippen LogP contribution in [-0.2, 0) is 27.4 Å². The molecule has 4 rings (SSSR count). The minimum absolute atomic E-state index is 0.0333. The molecular formula is C27H27N3O7S. The maximum absolute atomic E-state index is 13.5. The van der Waals surface area contributed by atoms with Crippen molar-refractivity contribution in [2.75, 3.05) is 33.6 Å². The predicted molar refractivity (Wildman–Crippen MR) is 142 cm³/mol. The minimum atomic E-state index is -0.484. The highest BCUT2D eigenvalue weighted by Gasteiger charge is 2.22. The number of hydrogen-bond donors (Lipinski definition) is 0. The molecule has 3 aromatic rings. The average molecular weight is 538 g/mol. The summed E-state index contributed by atoms with van der Waals surface area (Å²) < 4.78 is 16.0. The summed E-state index contributed by atoms with van der Waals surface area (Å²) in [6.07, 6.45) is 2.91. The van der Waals surface area contributed by atoms with Gasteiger partial charge < -0.3 is 24.0 Å². The summed E-state index contributed by atoms with van der Waals surface area (Å²) >= 11 is 1.55. The Morgan fingerprint density at radius 3 is 2.58 bits per heavy atom. The number of nitro benzene ring substituents is 1. The molecule has 2 heterocycles. The Labute approximate surface area is 223 Å². The molecule has 0 saturated heterocycles. The highest BCUT2D eigenvalue weighted by atomic mass is 32.1. The Kier molecular flexibility index (Phi) is 9.07. The van der Waals surface area contributed by atoms with Crippen LogP contribution in [0.4, 0.5) is 5.69 Å². The second-order valence-electron chi connectivity index (χ2n) is 8.45. The molecule has 2 amide bonds. The molecule has 198 valence electrons. The average Bonchev–Trinajstić information content (AvgIpc) is 3.61. The molecule has 0 bridgehead atoms. The number of ether oxygens (including phenoxy) is 3. The Balaban J connectivity index is 1.48. The molecule has 0 saturated carbocycles. The smallest absolute Gasteiger partial charge is 0.269 e. The molecule has 0 fully saturated rings. The van der Waals surface area contributed by atoms with Crippen LogP contribution in [0.15, 0.2) is 66.1 Å². The van der Waals surface area contributed by atoms with Gasteiger partial charge in [-0.05, 0) is 52.9 Å². The largest absolute Gasteiger partial charge is 0.454 e. The van der Waals surface area contributed by atoms with E-state index in [1.807, 2.05) is 35.7 Å². The molecule has 1 aromatic heterocycles. The Morgan fingerprint density at radius 1 is 1.08 bits per heavy atom. The maximum Gasteiger partial charge on any atom is 0.269 e. The van der Waals surface area contributed by atoms with E-state index in [2.05, 4.69) is 0 Å². The fourth-order valence-electron chi connectivity index (χ4n) is 3.79. The van der Waals surface area contributed by atoms with Crippen molar-refractivity contribution in [2.45, 2.75) is 13.1 Å². The van der Waals surface area contributed by atoms with E-state index in [1.54, 1.807) is 34.4 Å². The number of carbonyl (C=O) groups is 2. The van der Waals surface area contributed by atoms with E-state index in [1.165, 1.54) is 30.2 Å². The van der Waals surface area contributed by atoms with E-state index in [9.17, 15) is 19.7 Å². The summed E-state index contributed by atoms with van der Waals surface area (Å²) in [4.78, 5) is 41.1. The molecule has 0 N–H and O–H groups in total. The first-order valence-corrected chi connectivity index (χ1v) is 12.7. The number of hydrogen-bond acceptors (Lipinski definition) is 8. The van der Waals surface area contributed by atoms with Gasteiger partial charge in [0.2, 0.25) is 18.6 Å². The molecule has 0 aliphatic carbocycles. The van der Waals surface area contributed by atoms with Crippen LogP contribution in [0.1, 0.15) is 16.0 Å². The second kappa shape index (κ2) is 12.8. The van der Waals surface area contributed by atoms with E-state index in [-0.39, 0.29) is 44.0 Å². The van der Waals surface area contributed by atoms with E-state index < -0.39 is 4.92 Å². The number of non-ortho nitro benzene ring substituents is 1. The lowest BCUT2D eigenvalue weighted by Gasteiger charge is -2.27. The molecule has 1 aliphatic heterocycles. The molecule has 0 atom stereocenters. The summed E-state index contributed by atoms with van der Waals surface area (Å²) in [7, 11) is 1.53. The van der Waals surface area contributed by atoms with Crippen molar-refractivity contribution >= 4 is 34.9 Å². The summed E-state index contributed by atoms with van der Waals surface area (Å²) in [5.74, 6) is 0.720. The third kappa shape index (κ3) is 7.17. The third-order valence-electron chi connectivity index (χ3n) is 5.82. The van der Waals surface area contributed by atoms with Gasteiger partial charge in [0.05, 0.1) is 18.1 Å². The summed E-state index contributed by atoms with van der Waals surface area (Å²) in [5.41, 5.74) is 1.48. The van der Waals surface area contributed by atoms with Gasteiger partial charge in [-0.25, -0.2) is 0 Å². The lowest BCUT2D eigenvalue weighted by Crippen LogP contribution is -2.43. The van der Waals surface area contributed by atoms with Crippen LogP contribution in [0, 0.1) is 10.1 Å². The molecule has 0 spiro atoms. The normalized spacial score (nSPS) is 12.0. The standard InChI is InChI=1S/C27H27N3O7S/c1-35-13-12-28(26(31)11-7-20-4-8-22(9-5-20)30(33)34)18-27(32)29(17-23-3-2-14-38-23)16-21-6-10-24-25(15-21)37-19-36-24/h2-11,14-15H,12-13,16-19H2,1H3. The van der Waals surface area contributed by atoms with Crippen LogP contribution in [0.5, 0.6) is 11.5 Å². The topological polar surface area (TPSA) is 111 Å². The fourth-order valence-corrected chi connectivity index (χ4v) is 4.51. The van der Waals surface area contributed by atoms with E-state index >= 15 is 0 Å². The van der Waals surface area contributed by atoms with Crippen LogP contribution >= 0.6 is 11.3 Å². The van der Waals surface area contributed by atoms with E-state index in [4.69, 9.17) is 14.2 Å². The minimum Gasteiger partial charge on any atom is -0.454 e. The SMILES string of the molecule is COCCN(CC(=O)N(Cc1ccc2c(c1)OCO2)Cc1cccs1)C(=O)C=Cc1ccc([N+](=O)[O-])cc1. The van der Waals surface area contributed by atoms with Crippen LogP contribution in [0.3, 0.4) is 0 Å². The number of fused-ring (bicyclic) bond motifs is 1. The van der Waals surface area contributed by atoms with Crippen LogP contribution in [0.2, 0.25) is 0 Å². The van der Waals surface area contributed by atoms with Crippen molar-refractivity contribution in [3.05, 3.63) is 92.2 Å². The number of benzene rings is 2. The number of rotatable bonds is 12. The number of nitrogens with zero attached hydrogens (tertiary/aromatic N) is 3. The fraction of sp³-hybridized carbons (Fsp3) is 0.259. The zero-order valence-corrected chi connectivity index (χ0v) is 21.6. The molecule has 0 unspecified atom stereocenters. The van der Waals surface area contributed by atoms with E-state index in [0.717, 1.165) is 10.4 Å². The molecule has 2 aromatic carbocycles. The summed E-state index contributed by atoms with van der Waals surface area (Å²) in [6.45, 7) is 1.25. The summed E-state index contributed by atoms with van der Waals surface area (Å²) in [6, 6.07) is 15.3. The number of carbonyl (C=O) groups excluding carboxylic acids is 2. The molecule has 11 heteroatoms. The van der Waals surface area contributed by atoms with Gasteiger partial charge in [-0.15, -0.1) is 11.3 Å². The van der Waals surface area contributed by atoms with Gasteiger partial charge in [0.15, 0.2) is 11.5 Å². The van der Waals surface area contributed by atoms with Gasteiger partial charge in [0.1, 0.15) is 6.54 Å². The zero-order chi connectivity index (χ0) is 26.9. The molecule has 1 aliphatic rings. The molecular weight excluding hydrogens is 510 g/mol. The number of amides is 2. The van der Waals surface area contributed by atoms with Crippen LogP contribution in [0.25, 0.3) is 6.08 Å². The molecule has 38 heavy (non-hydrogen) atoms. The van der Waals surface area contributed by atoms with Gasteiger partial charge >= 0.3 is 0 Å².